The number of halogens is 6. The Hall–Kier alpha value is -5.67. The van der Waals surface area contributed by atoms with Crippen LogP contribution < -0.4 is 15.5 Å². The van der Waals surface area contributed by atoms with E-state index >= 15 is 4.39 Å². The molecule has 0 saturated carbocycles. The third-order valence-electron chi connectivity index (χ3n) is 12.3. The Kier molecular flexibility index (Phi) is 15.9. The standard InChI is InChI=1S/C24H23ClF3N5O3.C23H26ClFN4O3/c25-17-2-1-3-18(11-17)33(24(34)32-8-6-31(7-9-32)19-13-35-14-19)12-16-5-4-15(10-20(16)26)22-29-30-23(36-22)21(27)28;24-18-2-1-3-19(11-18)29(13-17-5-4-16(10-21(17)25)22(30)12-26)23(31)28-8-6-27(7-9-28)20-14-32-15-20/h1-5,10-11,19,21H,6-9,12-14H2;1-5,10-11,20H,6-9,12-15,26H2. The number of alkyl halides is 2. The second-order valence-electron chi connectivity index (χ2n) is 16.6. The molecule has 0 atom stereocenters. The number of ketones is 1. The number of anilines is 2. The number of carbonyl (C=O) groups is 3. The largest absolute Gasteiger partial charge is 0.415 e. The summed E-state index contributed by atoms with van der Waals surface area (Å²) in [6.07, 6.45) is -2.92. The van der Waals surface area contributed by atoms with Crippen molar-refractivity contribution in [2.24, 2.45) is 5.73 Å². The first-order chi connectivity index (χ1) is 32.8. The zero-order valence-corrected chi connectivity index (χ0v) is 38.3. The van der Waals surface area contributed by atoms with Gasteiger partial charge >= 0.3 is 18.5 Å². The number of nitrogens with two attached hydrogens (primary N) is 1. The Labute approximate surface area is 399 Å². The first-order valence-electron chi connectivity index (χ1n) is 22.0. The van der Waals surface area contributed by atoms with Crippen LogP contribution >= 0.6 is 23.2 Å². The first-order valence-corrected chi connectivity index (χ1v) is 22.8. The summed E-state index contributed by atoms with van der Waals surface area (Å²) in [7, 11) is 0. The number of ether oxygens (including phenoxy) is 2. The fraction of sp³-hybridized carbons (Fsp3) is 0.383. The van der Waals surface area contributed by atoms with Crippen molar-refractivity contribution in [1.29, 1.82) is 0 Å². The van der Waals surface area contributed by atoms with Crippen molar-refractivity contribution in [3.05, 3.63) is 129 Å². The van der Waals surface area contributed by atoms with Crippen LogP contribution in [0.25, 0.3) is 11.5 Å². The van der Waals surface area contributed by atoms with E-state index in [0.29, 0.717) is 78.5 Å². The zero-order valence-electron chi connectivity index (χ0n) is 36.8. The Bertz CT molecular complexity index is 2570. The molecule has 4 aliphatic rings. The highest BCUT2D eigenvalue weighted by Gasteiger charge is 2.34. The highest BCUT2D eigenvalue weighted by atomic mass is 35.5. The molecular formula is C47H49Cl2F4N9O6. The number of nitrogens with zero attached hydrogens (tertiary/aromatic N) is 8. The van der Waals surface area contributed by atoms with Gasteiger partial charge < -0.3 is 29.4 Å². The molecule has 0 unspecified atom stereocenters. The first kappa shape index (κ1) is 48.8. The van der Waals surface area contributed by atoms with E-state index in [1.165, 1.54) is 40.1 Å². The molecule has 4 fully saturated rings. The van der Waals surface area contributed by atoms with Crippen molar-refractivity contribution in [2.45, 2.75) is 31.6 Å². The lowest BCUT2D eigenvalue weighted by Crippen LogP contribution is -2.59. The number of benzene rings is 4. The molecule has 1 aromatic heterocycles. The van der Waals surface area contributed by atoms with Gasteiger partial charge in [-0.15, -0.1) is 10.2 Å². The Balaban J connectivity index is 0.000000185. The molecule has 4 saturated heterocycles. The zero-order chi connectivity index (χ0) is 47.9. The van der Waals surface area contributed by atoms with E-state index < -0.39 is 24.0 Å². The van der Waals surface area contributed by atoms with Gasteiger partial charge in [-0.3, -0.25) is 24.4 Å². The molecule has 0 spiro atoms. The van der Waals surface area contributed by atoms with Gasteiger partial charge in [0.25, 0.3) is 5.89 Å². The van der Waals surface area contributed by atoms with E-state index in [1.54, 1.807) is 58.3 Å². The number of carbonyl (C=O) groups excluding carboxylic acids is 3. The van der Waals surface area contributed by atoms with Crippen LogP contribution in [0.1, 0.15) is 33.8 Å². The lowest BCUT2D eigenvalue weighted by molar-refractivity contribution is -0.0738. The van der Waals surface area contributed by atoms with Crippen LogP contribution in [0.2, 0.25) is 10.0 Å². The molecule has 4 amide bonds. The van der Waals surface area contributed by atoms with Crippen LogP contribution in [-0.2, 0) is 22.6 Å². The number of hydrogen-bond acceptors (Lipinski definition) is 11. The molecule has 5 heterocycles. The summed E-state index contributed by atoms with van der Waals surface area (Å²) in [6, 6.07) is 22.4. The molecule has 5 aromatic rings. The summed E-state index contributed by atoms with van der Waals surface area (Å²) in [6.45, 7) is 7.92. The number of piperazine rings is 2. The molecule has 0 aliphatic carbocycles. The predicted molar refractivity (Wildman–Crippen MR) is 246 cm³/mol. The normalized spacial score (nSPS) is 17.0. The topological polar surface area (TPSA) is 154 Å². The lowest BCUT2D eigenvalue weighted by Gasteiger charge is -2.43. The molecule has 15 nitrogen and oxygen atoms in total. The van der Waals surface area contributed by atoms with Crippen LogP contribution in [0.4, 0.5) is 38.5 Å². The van der Waals surface area contributed by atoms with Gasteiger partial charge in [-0.2, -0.15) is 8.78 Å². The lowest BCUT2D eigenvalue weighted by atomic mass is 10.1. The Morgan fingerprint density at radius 1 is 0.662 bits per heavy atom. The summed E-state index contributed by atoms with van der Waals surface area (Å²) in [5.41, 5.74) is 7.39. The third-order valence-corrected chi connectivity index (χ3v) is 12.8. The minimum atomic E-state index is -2.92. The van der Waals surface area contributed by atoms with Crippen molar-refractivity contribution in [3.63, 3.8) is 0 Å². The van der Waals surface area contributed by atoms with Crippen molar-refractivity contribution in [3.8, 4) is 11.5 Å². The maximum atomic E-state index is 15.1. The van der Waals surface area contributed by atoms with Gasteiger partial charge in [-0.1, -0.05) is 53.5 Å². The van der Waals surface area contributed by atoms with E-state index in [4.69, 9.17) is 42.8 Å². The average Bonchev–Trinajstić information content (AvgIpc) is 3.81. The summed E-state index contributed by atoms with van der Waals surface area (Å²) in [5.74, 6) is -2.59. The van der Waals surface area contributed by atoms with Crippen LogP contribution in [-0.4, -0.2) is 145 Å². The van der Waals surface area contributed by atoms with Gasteiger partial charge in [-0.25, -0.2) is 18.4 Å². The SMILES string of the molecule is NCC(=O)c1ccc(CN(C(=O)N2CCN(C3COC3)CC2)c2cccc(Cl)c2)c(F)c1.O=C(N1CCN(C2COC2)CC1)N(Cc1ccc(-c2nnc(C(F)F)o2)cc1F)c1cccc(Cl)c1. The van der Waals surface area contributed by atoms with Crippen molar-refractivity contribution < 1.29 is 45.8 Å². The molecule has 21 heteroatoms. The van der Waals surface area contributed by atoms with Crippen LogP contribution in [0.3, 0.4) is 0 Å². The van der Waals surface area contributed by atoms with Crippen molar-refractivity contribution >= 4 is 52.4 Å². The van der Waals surface area contributed by atoms with Crippen LogP contribution in [0, 0.1) is 11.6 Å². The highest BCUT2D eigenvalue weighted by molar-refractivity contribution is 6.31. The molecule has 9 rings (SSSR count). The third kappa shape index (κ3) is 11.6. The molecule has 4 aromatic carbocycles. The van der Waals surface area contributed by atoms with Gasteiger partial charge in [0.1, 0.15) is 11.6 Å². The second-order valence-corrected chi connectivity index (χ2v) is 17.5. The molecule has 360 valence electrons. The number of urea groups is 2. The van der Waals surface area contributed by atoms with Crippen molar-refractivity contribution in [1.82, 2.24) is 29.8 Å². The molecule has 4 aliphatic heterocycles. The number of rotatable bonds is 12. The number of hydrogen-bond donors (Lipinski definition) is 1. The number of Topliss-reactive ketones (excluding diaryl/α,β-unsaturated/α-hetero) is 1. The minimum absolute atomic E-state index is 0.0127. The van der Waals surface area contributed by atoms with Gasteiger partial charge in [0.2, 0.25) is 5.89 Å². The maximum Gasteiger partial charge on any atom is 0.324 e. The van der Waals surface area contributed by atoms with E-state index in [-0.39, 0.29) is 60.1 Å². The van der Waals surface area contributed by atoms with Crippen molar-refractivity contribution in [2.75, 3.05) is 95.1 Å². The number of aromatic nitrogens is 2. The fourth-order valence-electron chi connectivity index (χ4n) is 8.15. The van der Waals surface area contributed by atoms with E-state index in [2.05, 4.69) is 20.0 Å². The average molecular weight is 983 g/mol. The van der Waals surface area contributed by atoms with Gasteiger partial charge in [0, 0.05) is 96.0 Å². The van der Waals surface area contributed by atoms with E-state index in [9.17, 15) is 27.6 Å². The highest BCUT2D eigenvalue weighted by Crippen LogP contribution is 2.29. The molecule has 0 radical (unpaired) electrons. The van der Waals surface area contributed by atoms with Gasteiger partial charge in [-0.05, 0) is 54.6 Å². The minimum Gasteiger partial charge on any atom is -0.415 e. The predicted octanol–water partition coefficient (Wildman–Crippen LogP) is 7.37. The summed E-state index contributed by atoms with van der Waals surface area (Å²) < 4.78 is 70.9. The summed E-state index contributed by atoms with van der Waals surface area (Å²) >= 11 is 12.4. The molecule has 2 N–H and O–H groups in total. The monoisotopic (exact) mass is 981 g/mol. The smallest absolute Gasteiger partial charge is 0.324 e. The Morgan fingerprint density at radius 2 is 1.15 bits per heavy atom. The second kappa shape index (κ2) is 22.2. The summed E-state index contributed by atoms with van der Waals surface area (Å²) in [5, 5.41) is 7.76. The molecular weight excluding hydrogens is 933 g/mol. The molecule has 0 bridgehead atoms. The number of amides is 4. The van der Waals surface area contributed by atoms with Gasteiger partial charge in [0.05, 0.1) is 58.1 Å². The van der Waals surface area contributed by atoms with E-state index in [1.807, 2.05) is 0 Å². The van der Waals surface area contributed by atoms with Gasteiger partial charge in [0.15, 0.2) is 5.78 Å². The fourth-order valence-corrected chi connectivity index (χ4v) is 8.52. The Morgan fingerprint density at radius 3 is 1.54 bits per heavy atom. The maximum absolute atomic E-state index is 15.1. The van der Waals surface area contributed by atoms with Crippen LogP contribution in [0.5, 0.6) is 0 Å². The quantitative estimate of drug-likeness (QED) is 0.0985. The summed E-state index contributed by atoms with van der Waals surface area (Å²) in [4.78, 5) is 50.0. The van der Waals surface area contributed by atoms with E-state index in [0.717, 1.165) is 45.5 Å². The molecule has 68 heavy (non-hydrogen) atoms. The van der Waals surface area contributed by atoms with Crippen LogP contribution in [0.15, 0.2) is 89.3 Å².